The summed E-state index contributed by atoms with van der Waals surface area (Å²) in [6.07, 6.45) is 5.49. The normalized spacial score (nSPS) is 25.6. The minimum atomic E-state index is 0.520. The quantitative estimate of drug-likeness (QED) is 0.743. The summed E-state index contributed by atoms with van der Waals surface area (Å²) < 4.78 is 5.92. The van der Waals surface area contributed by atoms with Crippen LogP contribution < -0.4 is 0 Å². The van der Waals surface area contributed by atoms with Crippen LogP contribution in [0.1, 0.15) is 49.7 Å². The molecule has 0 radical (unpaired) electrons. The van der Waals surface area contributed by atoms with Crippen LogP contribution in [-0.2, 0) is 4.74 Å². The molecule has 1 fully saturated rings. The van der Waals surface area contributed by atoms with E-state index in [2.05, 4.69) is 38.1 Å². The Kier molecular flexibility index (Phi) is 4.00. The molecule has 1 heteroatoms. The molecular weight excluding hydrogens is 196 g/mol. The van der Waals surface area contributed by atoms with E-state index in [1.807, 2.05) is 0 Å². The summed E-state index contributed by atoms with van der Waals surface area (Å²) in [6.45, 7) is 5.28. The van der Waals surface area contributed by atoms with Crippen LogP contribution in [0, 0.1) is 6.92 Å². The summed E-state index contributed by atoms with van der Waals surface area (Å²) in [7, 11) is 0. The zero-order valence-corrected chi connectivity index (χ0v) is 10.4. The largest absolute Gasteiger partial charge is 0.378 e. The van der Waals surface area contributed by atoms with Crippen molar-refractivity contribution in [1.82, 2.24) is 0 Å². The molecule has 2 rings (SSSR count). The van der Waals surface area contributed by atoms with E-state index < -0.39 is 0 Å². The smallest absolute Gasteiger partial charge is 0.0575 e. The number of hydrogen-bond acceptors (Lipinski definition) is 1. The van der Waals surface area contributed by atoms with E-state index in [-0.39, 0.29) is 0 Å². The van der Waals surface area contributed by atoms with Gasteiger partial charge < -0.3 is 4.74 Å². The minimum Gasteiger partial charge on any atom is -0.378 e. The van der Waals surface area contributed by atoms with Gasteiger partial charge in [0.2, 0.25) is 0 Å². The Labute approximate surface area is 98.8 Å². The highest BCUT2D eigenvalue weighted by molar-refractivity contribution is 5.24. The minimum absolute atomic E-state index is 0.520. The topological polar surface area (TPSA) is 9.23 Å². The van der Waals surface area contributed by atoms with Crippen molar-refractivity contribution in [3.8, 4) is 0 Å². The molecule has 1 aromatic rings. The van der Waals surface area contributed by atoms with E-state index in [1.54, 1.807) is 0 Å². The fraction of sp³-hybridized carbons (Fsp3) is 0.600. The van der Waals surface area contributed by atoms with Crippen LogP contribution in [0.15, 0.2) is 24.3 Å². The second-order valence-corrected chi connectivity index (χ2v) is 4.93. The molecule has 2 unspecified atom stereocenters. The molecule has 2 atom stereocenters. The zero-order valence-electron chi connectivity index (χ0n) is 10.4. The van der Waals surface area contributed by atoms with E-state index in [4.69, 9.17) is 4.74 Å². The Morgan fingerprint density at radius 1 is 1.19 bits per heavy atom. The van der Waals surface area contributed by atoms with Gasteiger partial charge in [-0.2, -0.15) is 0 Å². The predicted molar refractivity (Wildman–Crippen MR) is 67.8 cm³/mol. The highest BCUT2D eigenvalue weighted by Crippen LogP contribution is 2.29. The first kappa shape index (κ1) is 11.7. The van der Waals surface area contributed by atoms with Crippen LogP contribution >= 0.6 is 0 Å². The Morgan fingerprint density at radius 3 is 2.50 bits per heavy atom. The SMILES string of the molecule is CCCC1CCC(c2ccc(C)cc2)CO1. The maximum Gasteiger partial charge on any atom is 0.0575 e. The lowest BCUT2D eigenvalue weighted by Gasteiger charge is -2.29. The van der Waals surface area contributed by atoms with Gasteiger partial charge in [0.05, 0.1) is 12.7 Å². The molecule has 1 aromatic carbocycles. The number of aryl methyl sites for hydroxylation is 1. The van der Waals surface area contributed by atoms with Crippen molar-refractivity contribution in [2.75, 3.05) is 6.61 Å². The van der Waals surface area contributed by atoms with Gasteiger partial charge in [-0.05, 0) is 31.7 Å². The molecule has 0 N–H and O–H groups in total. The van der Waals surface area contributed by atoms with Crippen molar-refractivity contribution in [2.45, 2.75) is 51.6 Å². The van der Waals surface area contributed by atoms with E-state index >= 15 is 0 Å². The van der Waals surface area contributed by atoms with Crippen LogP contribution in [0.3, 0.4) is 0 Å². The Morgan fingerprint density at radius 2 is 1.94 bits per heavy atom. The zero-order chi connectivity index (χ0) is 11.4. The second-order valence-electron chi connectivity index (χ2n) is 4.93. The molecule has 1 saturated heterocycles. The van der Waals surface area contributed by atoms with Crippen LogP contribution in [0.25, 0.3) is 0 Å². The van der Waals surface area contributed by atoms with Gasteiger partial charge in [-0.25, -0.2) is 0 Å². The van der Waals surface area contributed by atoms with Crippen molar-refractivity contribution in [3.05, 3.63) is 35.4 Å². The van der Waals surface area contributed by atoms with Crippen molar-refractivity contribution < 1.29 is 4.74 Å². The van der Waals surface area contributed by atoms with Gasteiger partial charge in [0, 0.05) is 5.92 Å². The molecule has 0 saturated carbocycles. The number of rotatable bonds is 3. The third-order valence-electron chi connectivity index (χ3n) is 3.53. The summed E-state index contributed by atoms with van der Waals surface area (Å²) in [5.74, 6) is 0.619. The number of ether oxygens (including phenoxy) is 1. The molecule has 0 spiro atoms. The lowest BCUT2D eigenvalue weighted by atomic mass is 9.90. The van der Waals surface area contributed by atoms with Crippen molar-refractivity contribution in [1.29, 1.82) is 0 Å². The molecular formula is C15H22O. The van der Waals surface area contributed by atoms with E-state index in [0.29, 0.717) is 12.0 Å². The summed E-state index contributed by atoms with van der Waals surface area (Å²) in [4.78, 5) is 0. The van der Waals surface area contributed by atoms with Gasteiger partial charge in [0.1, 0.15) is 0 Å². The summed E-state index contributed by atoms with van der Waals surface area (Å²) in [6, 6.07) is 8.91. The molecule has 0 amide bonds. The van der Waals surface area contributed by atoms with Crippen molar-refractivity contribution >= 4 is 0 Å². The van der Waals surface area contributed by atoms with Gasteiger partial charge in [-0.1, -0.05) is 43.2 Å². The van der Waals surface area contributed by atoms with Gasteiger partial charge >= 0.3 is 0 Å². The van der Waals surface area contributed by atoms with Crippen molar-refractivity contribution in [3.63, 3.8) is 0 Å². The first-order valence-electron chi connectivity index (χ1n) is 6.47. The van der Waals surface area contributed by atoms with Gasteiger partial charge in [-0.15, -0.1) is 0 Å². The standard InChI is InChI=1S/C15H22O/c1-3-4-15-10-9-14(11-16-15)13-7-5-12(2)6-8-13/h5-8,14-15H,3-4,9-11H2,1-2H3. The van der Waals surface area contributed by atoms with E-state index in [0.717, 1.165) is 6.61 Å². The fourth-order valence-electron chi connectivity index (χ4n) is 2.46. The van der Waals surface area contributed by atoms with E-state index in [1.165, 1.54) is 36.8 Å². The van der Waals surface area contributed by atoms with Crippen LogP contribution in [0.5, 0.6) is 0 Å². The van der Waals surface area contributed by atoms with E-state index in [9.17, 15) is 0 Å². The molecule has 1 aliphatic rings. The molecule has 88 valence electrons. The van der Waals surface area contributed by atoms with Gasteiger partial charge in [0.15, 0.2) is 0 Å². The van der Waals surface area contributed by atoms with Crippen LogP contribution in [0.4, 0.5) is 0 Å². The van der Waals surface area contributed by atoms with Gasteiger partial charge in [-0.3, -0.25) is 0 Å². The highest BCUT2D eigenvalue weighted by Gasteiger charge is 2.21. The average Bonchev–Trinajstić information content (AvgIpc) is 2.32. The lowest BCUT2D eigenvalue weighted by Crippen LogP contribution is -2.24. The maximum absolute atomic E-state index is 5.92. The summed E-state index contributed by atoms with van der Waals surface area (Å²) in [5.41, 5.74) is 2.78. The Balaban J connectivity index is 1.91. The number of benzene rings is 1. The fourth-order valence-corrected chi connectivity index (χ4v) is 2.46. The summed E-state index contributed by atoms with van der Waals surface area (Å²) in [5, 5.41) is 0. The molecule has 1 nitrogen and oxygen atoms in total. The summed E-state index contributed by atoms with van der Waals surface area (Å²) >= 11 is 0. The monoisotopic (exact) mass is 218 g/mol. The van der Waals surface area contributed by atoms with Gasteiger partial charge in [0.25, 0.3) is 0 Å². The third kappa shape index (κ3) is 2.85. The number of hydrogen-bond donors (Lipinski definition) is 0. The van der Waals surface area contributed by atoms with Crippen molar-refractivity contribution in [2.24, 2.45) is 0 Å². The molecule has 0 aliphatic carbocycles. The molecule has 0 bridgehead atoms. The highest BCUT2D eigenvalue weighted by atomic mass is 16.5. The predicted octanol–water partition coefficient (Wildman–Crippen LogP) is 4.06. The molecule has 16 heavy (non-hydrogen) atoms. The average molecular weight is 218 g/mol. The second kappa shape index (κ2) is 5.49. The molecule has 1 heterocycles. The van der Waals surface area contributed by atoms with Crippen LogP contribution in [0.2, 0.25) is 0 Å². The van der Waals surface area contributed by atoms with Crippen LogP contribution in [-0.4, -0.2) is 12.7 Å². The Bertz CT molecular complexity index is 307. The Hall–Kier alpha value is -0.820. The maximum atomic E-state index is 5.92. The first-order valence-corrected chi connectivity index (χ1v) is 6.47. The third-order valence-corrected chi connectivity index (χ3v) is 3.53. The first-order chi connectivity index (χ1) is 7.79. The molecule has 1 aliphatic heterocycles. The molecule has 0 aromatic heterocycles. The lowest BCUT2D eigenvalue weighted by molar-refractivity contribution is -0.00111.